The van der Waals surface area contributed by atoms with Gasteiger partial charge in [-0.15, -0.1) is 0 Å². The molecule has 0 amide bonds. The van der Waals surface area contributed by atoms with Crippen molar-refractivity contribution in [3.8, 4) is 11.3 Å². The van der Waals surface area contributed by atoms with Crippen LogP contribution in [-0.4, -0.2) is 42.7 Å². The van der Waals surface area contributed by atoms with Gasteiger partial charge in [0.25, 0.3) is 0 Å². The molecule has 0 spiro atoms. The lowest BCUT2D eigenvalue weighted by Gasteiger charge is -2.26. The van der Waals surface area contributed by atoms with Crippen molar-refractivity contribution in [3.63, 3.8) is 0 Å². The van der Waals surface area contributed by atoms with Gasteiger partial charge in [-0.2, -0.15) is 5.10 Å². The number of rotatable bonds is 6. The third-order valence-corrected chi connectivity index (χ3v) is 4.04. The third kappa shape index (κ3) is 3.15. The first-order valence-electron chi connectivity index (χ1n) is 7.24. The highest BCUT2D eigenvalue weighted by atomic mass is 16.5. The second-order valence-corrected chi connectivity index (χ2v) is 5.43. The van der Waals surface area contributed by atoms with Crippen LogP contribution in [0.3, 0.4) is 0 Å². The Morgan fingerprint density at radius 3 is 2.95 bits per heavy atom. The minimum atomic E-state index is -0.184. The number of methoxy groups -OCH3 is 1. The van der Waals surface area contributed by atoms with E-state index >= 15 is 0 Å². The Hall–Kier alpha value is -1.69. The Kier molecular flexibility index (Phi) is 4.34. The molecule has 1 unspecified atom stereocenters. The van der Waals surface area contributed by atoms with E-state index in [1.54, 1.807) is 7.11 Å². The quantitative estimate of drug-likeness (QED) is 0.853. The highest BCUT2D eigenvalue weighted by molar-refractivity contribution is 5.62. The number of nitrogens with zero attached hydrogens (tertiary/aromatic N) is 1. The molecule has 1 atom stereocenters. The summed E-state index contributed by atoms with van der Waals surface area (Å²) in [5.41, 5.74) is 3.19. The number of hydrogen-bond donors (Lipinski definition) is 2. The van der Waals surface area contributed by atoms with E-state index in [0.717, 1.165) is 42.9 Å². The summed E-state index contributed by atoms with van der Waals surface area (Å²) in [4.78, 5) is 0. The number of H-pyrrole nitrogens is 1. The molecule has 0 saturated carbocycles. The molecule has 1 fully saturated rings. The largest absolute Gasteiger partial charge is 0.378 e. The van der Waals surface area contributed by atoms with Crippen molar-refractivity contribution < 1.29 is 9.47 Å². The molecule has 2 N–H and O–H groups in total. The Labute approximate surface area is 124 Å². The Bertz CT molecular complexity index is 562. The van der Waals surface area contributed by atoms with Crippen molar-refractivity contribution in [1.29, 1.82) is 0 Å². The normalized spacial score (nSPS) is 21.8. The molecule has 5 heteroatoms. The maximum Gasteiger partial charge on any atom is 0.106 e. The summed E-state index contributed by atoms with van der Waals surface area (Å²) >= 11 is 0. The lowest BCUT2D eigenvalue weighted by molar-refractivity contribution is -0.0159. The lowest BCUT2D eigenvalue weighted by Crippen LogP contribution is -2.42. The van der Waals surface area contributed by atoms with E-state index in [4.69, 9.17) is 9.47 Å². The van der Waals surface area contributed by atoms with Crippen molar-refractivity contribution in [3.05, 3.63) is 42.1 Å². The molecule has 2 aromatic rings. The summed E-state index contributed by atoms with van der Waals surface area (Å²) in [6.45, 7) is 2.97. The summed E-state index contributed by atoms with van der Waals surface area (Å²) < 4.78 is 11.1. The van der Waals surface area contributed by atoms with Crippen molar-refractivity contribution in [2.24, 2.45) is 0 Å². The first-order chi connectivity index (χ1) is 10.3. The molecule has 112 valence electrons. The predicted molar refractivity (Wildman–Crippen MR) is 80.9 cm³/mol. The Balaban J connectivity index is 1.63. The van der Waals surface area contributed by atoms with Crippen LogP contribution in [0.5, 0.6) is 0 Å². The predicted octanol–water partition coefficient (Wildman–Crippen LogP) is 1.97. The van der Waals surface area contributed by atoms with E-state index in [1.165, 1.54) is 0 Å². The van der Waals surface area contributed by atoms with Crippen LogP contribution in [0.25, 0.3) is 11.3 Å². The van der Waals surface area contributed by atoms with E-state index in [2.05, 4.69) is 27.6 Å². The Morgan fingerprint density at radius 1 is 1.38 bits per heavy atom. The highest BCUT2D eigenvalue weighted by Gasteiger charge is 2.34. The fourth-order valence-electron chi connectivity index (χ4n) is 2.69. The van der Waals surface area contributed by atoms with Gasteiger partial charge in [0.2, 0.25) is 0 Å². The third-order valence-electron chi connectivity index (χ3n) is 4.04. The van der Waals surface area contributed by atoms with Crippen LogP contribution in [0.15, 0.2) is 36.5 Å². The zero-order chi connectivity index (χ0) is 14.5. The van der Waals surface area contributed by atoms with Crippen molar-refractivity contribution in [2.45, 2.75) is 18.6 Å². The summed E-state index contributed by atoms with van der Waals surface area (Å²) in [6, 6.07) is 10.2. The highest BCUT2D eigenvalue weighted by Crippen LogP contribution is 2.23. The number of aromatic nitrogens is 2. The van der Waals surface area contributed by atoms with Gasteiger partial charge in [-0.25, -0.2) is 0 Å². The first-order valence-corrected chi connectivity index (χ1v) is 7.24. The standard InChI is InChI=1S/C16H21N3O2/c1-20-16(7-8-21-12-16)11-17-9-14-10-18-19-15(14)13-5-3-2-4-6-13/h2-6,10,17H,7-9,11-12H2,1H3,(H,18,19). The van der Waals surface area contributed by atoms with Crippen LogP contribution < -0.4 is 5.32 Å². The van der Waals surface area contributed by atoms with Crippen molar-refractivity contribution in [2.75, 3.05) is 26.9 Å². The molecule has 0 radical (unpaired) electrons. The van der Waals surface area contributed by atoms with Gasteiger partial charge in [-0.1, -0.05) is 30.3 Å². The van der Waals surface area contributed by atoms with Crippen LogP contribution in [-0.2, 0) is 16.0 Å². The van der Waals surface area contributed by atoms with Crippen LogP contribution in [0.2, 0.25) is 0 Å². The number of hydrogen-bond acceptors (Lipinski definition) is 4. The summed E-state index contributed by atoms with van der Waals surface area (Å²) in [5, 5.41) is 10.7. The van der Waals surface area contributed by atoms with Gasteiger partial charge < -0.3 is 14.8 Å². The minimum absolute atomic E-state index is 0.184. The number of ether oxygens (including phenoxy) is 2. The zero-order valence-electron chi connectivity index (χ0n) is 12.3. The van der Waals surface area contributed by atoms with Gasteiger partial charge in [-0.05, 0) is 5.56 Å². The molecule has 1 saturated heterocycles. The number of aromatic amines is 1. The summed E-state index contributed by atoms with van der Waals surface area (Å²) in [6.07, 6.45) is 2.81. The van der Waals surface area contributed by atoms with E-state index in [9.17, 15) is 0 Å². The molecule has 1 aliphatic heterocycles. The molecular formula is C16H21N3O2. The fraction of sp³-hybridized carbons (Fsp3) is 0.438. The zero-order valence-corrected chi connectivity index (χ0v) is 12.3. The topological polar surface area (TPSA) is 59.2 Å². The molecule has 2 heterocycles. The minimum Gasteiger partial charge on any atom is -0.378 e. The molecule has 5 nitrogen and oxygen atoms in total. The average molecular weight is 287 g/mol. The molecule has 0 aliphatic carbocycles. The monoisotopic (exact) mass is 287 g/mol. The van der Waals surface area contributed by atoms with Crippen LogP contribution in [0.1, 0.15) is 12.0 Å². The van der Waals surface area contributed by atoms with Crippen molar-refractivity contribution in [1.82, 2.24) is 15.5 Å². The second-order valence-electron chi connectivity index (χ2n) is 5.43. The molecule has 1 aromatic heterocycles. The number of nitrogens with one attached hydrogen (secondary N) is 2. The van der Waals surface area contributed by atoms with Crippen LogP contribution >= 0.6 is 0 Å². The molecule has 0 bridgehead atoms. The molecule has 1 aliphatic rings. The SMILES string of the molecule is COC1(CNCc2cn[nH]c2-c2ccccc2)CCOC1. The van der Waals surface area contributed by atoms with E-state index in [-0.39, 0.29) is 5.60 Å². The van der Waals surface area contributed by atoms with E-state index in [0.29, 0.717) is 6.61 Å². The van der Waals surface area contributed by atoms with Gasteiger partial charge in [0.1, 0.15) is 5.60 Å². The van der Waals surface area contributed by atoms with E-state index in [1.807, 2.05) is 24.4 Å². The van der Waals surface area contributed by atoms with E-state index < -0.39 is 0 Å². The maximum absolute atomic E-state index is 5.62. The molecule has 21 heavy (non-hydrogen) atoms. The fourth-order valence-corrected chi connectivity index (χ4v) is 2.69. The van der Waals surface area contributed by atoms with Crippen molar-refractivity contribution >= 4 is 0 Å². The van der Waals surface area contributed by atoms with Gasteiger partial charge in [-0.3, -0.25) is 5.10 Å². The Morgan fingerprint density at radius 2 is 2.24 bits per heavy atom. The first kappa shape index (κ1) is 14.3. The summed E-state index contributed by atoms with van der Waals surface area (Å²) in [7, 11) is 1.75. The smallest absolute Gasteiger partial charge is 0.106 e. The lowest BCUT2D eigenvalue weighted by atomic mass is 10.0. The van der Waals surface area contributed by atoms with Crippen LogP contribution in [0.4, 0.5) is 0 Å². The van der Waals surface area contributed by atoms with Gasteiger partial charge in [0, 0.05) is 38.8 Å². The van der Waals surface area contributed by atoms with Gasteiger partial charge in [0.15, 0.2) is 0 Å². The number of benzene rings is 1. The summed E-state index contributed by atoms with van der Waals surface area (Å²) in [5.74, 6) is 0. The molecule has 1 aromatic carbocycles. The second kappa shape index (κ2) is 6.39. The molecule has 3 rings (SSSR count). The van der Waals surface area contributed by atoms with Crippen LogP contribution in [0, 0.1) is 0 Å². The average Bonchev–Trinajstić information content (AvgIpc) is 3.18. The van der Waals surface area contributed by atoms with Gasteiger partial charge >= 0.3 is 0 Å². The van der Waals surface area contributed by atoms with Gasteiger partial charge in [0.05, 0.1) is 18.5 Å². The maximum atomic E-state index is 5.62. The molecular weight excluding hydrogens is 266 g/mol.